The minimum Gasteiger partial charge on any atom is -0.464 e. The van der Waals surface area contributed by atoms with E-state index in [2.05, 4.69) is 10.3 Å². The number of alkyl carbamates (subject to hydrolysis) is 1. The van der Waals surface area contributed by atoms with Gasteiger partial charge < -0.3 is 14.8 Å². The van der Waals surface area contributed by atoms with Crippen LogP contribution in [0, 0.1) is 0 Å². The zero-order valence-electron chi connectivity index (χ0n) is 13.4. The van der Waals surface area contributed by atoms with Crippen molar-refractivity contribution < 1.29 is 19.1 Å². The minimum atomic E-state index is -0.551. The Hall–Kier alpha value is -2.11. The number of amides is 1. The molecule has 0 radical (unpaired) electrons. The first-order valence-corrected chi connectivity index (χ1v) is 7.35. The van der Waals surface area contributed by atoms with Crippen LogP contribution in [0.4, 0.5) is 4.79 Å². The van der Waals surface area contributed by atoms with Crippen LogP contribution in [0.25, 0.3) is 0 Å². The van der Waals surface area contributed by atoms with Gasteiger partial charge in [0.1, 0.15) is 5.60 Å². The molecule has 0 unspecified atom stereocenters. The minimum absolute atomic E-state index is 0.198. The molecule has 1 saturated carbocycles. The highest BCUT2D eigenvalue weighted by molar-refractivity contribution is 5.89. The van der Waals surface area contributed by atoms with E-state index in [0.717, 1.165) is 18.4 Å². The fraction of sp³-hybridized carbons (Fsp3) is 0.562. The number of esters is 1. The highest BCUT2D eigenvalue weighted by atomic mass is 16.6. The first-order valence-electron chi connectivity index (χ1n) is 7.35. The Morgan fingerprint density at radius 3 is 2.55 bits per heavy atom. The van der Waals surface area contributed by atoms with Crippen LogP contribution in [0.1, 0.15) is 61.3 Å². The van der Waals surface area contributed by atoms with Crippen LogP contribution in [0.3, 0.4) is 0 Å². The van der Waals surface area contributed by atoms with Crippen LogP contribution >= 0.6 is 0 Å². The van der Waals surface area contributed by atoms with Gasteiger partial charge in [-0.05, 0) is 51.2 Å². The van der Waals surface area contributed by atoms with Crippen molar-refractivity contribution in [2.24, 2.45) is 0 Å². The van der Waals surface area contributed by atoms with Gasteiger partial charge in [0.2, 0.25) is 0 Å². The Bertz CT molecular complexity index is 574. The third kappa shape index (κ3) is 4.44. The summed E-state index contributed by atoms with van der Waals surface area (Å²) in [4.78, 5) is 27.8. The average Bonchev–Trinajstić information content (AvgIpc) is 3.26. The second kappa shape index (κ2) is 6.34. The molecule has 1 amide bonds. The summed E-state index contributed by atoms with van der Waals surface area (Å²) >= 11 is 0. The Kier molecular flexibility index (Phi) is 4.68. The van der Waals surface area contributed by atoms with E-state index >= 15 is 0 Å². The molecule has 1 aliphatic carbocycles. The van der Waals surface area contributed by atoms with Gasteiger partial charge in [-0.3, -0.25) is 0 Å². The topological polar surface area (TPSA) is 77.5 Å². The summed E-state index contributed by atoms with van der Waals surface area (Å²) in [5.74, 6) is -0.0458. The van der Waals surface area contributed by atoms with E-state index < -0.39 is 17.7 Å². The zero-order chi connectivity index (χ0) is 16.3. The van der Waals surface area contributed by atoms with Crippen molar-refractivity contribution in [1.29, 1.82) is 0 Å². The number of pyridine rings is 1. The van der Waals surface area contributed by atoms with Gasteiger partial charge in [0, 0.05) is 0 Å². The molecule has 1 aliphatic rings. The molecule has 1 N–H and O–H groups in total. The van der Waals surface area contributed by atoms with Crippen molar-refractivity contribution in [3.05, 3.63) is 29.1 Å². The van der Waals surface area contributed by atoms with Crippen LogP contribution in [0.5, 0.6) is 0 Å². The molecule has 0 saturated heterocycles. The molecule has 2 rings (SSSR count). The molecule has 120 valence electrons. The number of ether oxygens (including phenoxy) is 2. The number of hydrogen-bond donors (Lipinski definition) is 1. The lowest BCUT2D eigenvalue weighted by molar-refractivity contribution is 0.0522. The van der Waals surface area contributed by atoms with Crippen LogP contribution in [-0.4, -0.2) is 29.8 Å². The lowest BCUT2D eigenvalue weighted by atomic mass is 10.1. The Morgan fingerprint density at radius 1 is 1.32 bits per heavy atom. The summed E-state index contributed by atoms with van der Waals surface area (Å²) in [5, 5.41) is 2.63. The molecular weight excluding hydrogens is 284 g/mol. The van der Waals surface area contributed by atoms with Crippen molar-refractivity contribution >= 4 is 12.1 Å². The van der Waals surface area contributed by atoms with Gasteiger partial charge in [0.15, 0.2) is 5.69 Å². The van der Waals surface area contributed by atoms with Crippen LogP contribution in [-0.2, 0) is 16.0 Å². The SMILES string of the molecule is COC(=O)c1nc(CNC(=O)OC(C)(C)C)ccc1C1CC1. The van der Waals surface area contributed by atoms with Crippen molar-refractivity contribution in [1.82, 2.24) is 10.3 Å². The number of hydrogen-bond acceptors (Lipinski definition) is 5. The zero-order valence-corrected chi connectivity index (χ0v) is 13.4. The van der Waals surface area contributed by atoms with Gasteiger partial charge in [0.05, 0.1) is 19.3 Å². The number of carbonyl (C=O) groups is 2. The number of aromatic nitrogens is 1. The van der Waals surface area contributed by atoms with E-state index in [-0.39, 0.29) is 6.54 Å². The van der Waals surface area contributed by atoms with Gasteiger partial charge in [-0.25, -0.2) is 14.6 Å². The molecule has 1 aromatic rings. The lowest BCUT2D eigenvalue weighted by Crippen LogP contribution is -2.32. The molecule has 1 fully saturated rings. The Balaban J connectivity index is 2.05. The van der Waals surface area contributed by atoms with Gasteiger partial charge in [-0.1, -0.05) is 6.07 Å². The van der Waals surface area contributed by atoms with Gasteiger partial charge >= 0.3 is 12.1 Å². The molecule has 0 aliphatic heterocycles. The normalized spacial score (nSPS) is 14.4. The molecule has 22 heavy (non-hydrogen) atoms. The molecular formula is C16H22N2O4. The molecule has 0 aromatic carbocycles. The predicted molar refractivity (Wildman–Crippen MR) is 80.6 cm³/mol. The highest BCUT2D eigenvalue weighted by Gasteiger charge is 2.29. The van der Waals surface area contributed by atoms with E-state index in [1.54, 1.807) is 20.8 Å². The van der Waals surface area contributed by atoms with Crippen molar-refractivity contribution in [2.45, 2.75) is 51.7 Å². The quantitative estimate of drug-likeness (QED) is 0.865. The van der Waals surface area contributed by atoms with Crippen molar-refractivity contribution in [2.75, 3.05) is 7.11 Å². The highest BCUT2D eigenvalue weighted by Crippen LogP contribution is 2.41. The molecule has 0 atom stereocenters. The number of methoxy groups -OCH3 is 1. The second-order valence-electron chi connectivity index (χ2n) is 6.36. The molecule has 1 heterocycles. The maximum atomic E-state index is 11.8. The van der Waals surface area contributed by atoms with Gasteiger partial charge in [0.25, 0.3) is 0 Å². The first-order chi connectivity index (χ1) is 10.3. The fourth-order valence-corrected chi connectivity index (χ4v) is 2.07. The lowest BCUT2D eigenvalue weighted by Gasteiger charge is -2.19. The smallest absolute Gasteiger partial charge is 0.407 e. The molecule has 1 aromatic heterocycles. The maximum absolute atomic E-state index is 11.8. The number of nitrogens with zero attached hydrogens (tertiary/aromatic N) is 1. The standard InChI is InChI=1S/C16H22N2O4/c1-16(2,3)22-15(20)17-9-11-7-8-12(10-5-6-10)13(18-11)14(19)21-4/h7-8,10H,5-6,9H2,1-4H3,(H,17,20). The summed E-state index contributed by atoms with van der Waals surface area (Å²) in [6.45, 7) is 5.59. The van der Waals surface area contributed by atoms with E-state index in [0.29, 0.717) is 17.3 Å². The Morgan fingerprint density at radius 2 is 2.00 bits per heavy atom. The molecule has 6 heteroatoms. The average molecular weight is 306 g/mol. The maximum Gasteiger partial charge on any atom is 0.407 e. The molecule has 0 spiro atoms. The molecule has 6 nitrogen and oxygen atoms in total. The van der Waals surface area contributed by atoms with E-state index in [1.807, 2.05) is 12.1 Å². The van der Waals surface area contributed by atoms with E-state index in [4.69, 9.17) is 9.47 Å². The summed E-state index contributed by atoms with van der Waals surface area (Å²) in [6, 6.07) is 3.71. The number of nitrogens with one attached hydrogen (secondary N) is 1. The summed E-state index contributed by atoms with van der Waals surface area (Å²) in [7, 11) is 1.34. The monoisotopic (exact) mass is 306 g/mol. The third-order valence-electron chi connectivity index (χ3n) is 3.19. The third-order valence-corrected chi connectivity index (χ3v) is 3.19. The Labute approximate surface area is 130 Å². The number of carbonyl (C=O) groups excluding carboxylic acids is 2. The van der Waals surface area contributed by atoms with Gasteiger partial charge in [-0.15, -0.1) is 0 Å². The van der Waals surface area contributed by atoms with E-state index in [9.17, 15) is 9.59 Å². The van der Waals surface area contributed by atoms with Crippen molar-refractivity contribution in [3.63, 3.8) is 0 Å². The van der Waals surface area contributed by atoms with E-state index in [1.165, 1.54) is 7.11 Å². The summed E-state index contributed by atoms with van der Waals surface area (Å²) < 4.78 is 9.95. The first kappa shape index (κ1) is 16.3. The van der Waals surface area contributed by atoms with Gasteiger partial charge in [-0.2, -0.15) is 0 Å². The second-order valence-corrected chi connectivity index (χ2v) is 6.36. The van der Waals surface area contributed by atoms with Crippen LogP contribution in [0.15, 0.2) is 12.1 Å². The summed E-state index contributed by atoms with van der Waals surface area (Å²) in [5.41, 5.74) is 1.31. The van der Waals surface area contributed by atoms with Crippen LogP contribution < -0.4 is 5.32 Å². The van der Waals surface area contributed by atoms with Crippen molar-refractivity contribution in [3.8, 4) is 0 Å². The predicted octanol–water partition coefficient (Wildman–Crippen LogP) is 2.77. The summed E-state index contributed by atoms with van der Waals surface area (Å²) in [6.07, 6.45) is 1.63. The van der Waals surface area contributed by atoms with Crippen LogP contribution in [0.2, 0.25) is 0 Å². The number of rotatable bonds is 4. The molecule has 0 bridgehead atoms. The largest absolute Gasteiger partial charge is 0.464 e. The fourth-order valence-electron chi connectivity index (χ4n) is 2.07.